The molecule has 0 atom stereocenters. The first-order chi connectivity index (χ1) is 8.58. The van der Waals surface area contributed by atoms with Crippen LogP contribution in [-0.4, -0.2) is 35.0 Å². The number of anilines is 1. The molecule has 0 N–H and O–H groups in total. The highest BCUT2D eigenvalue weighted by Gasteiger charge is 2.17. The lowest BCUT2D eigenvalue weighted by Gasteiger charge is -2.19. The predicted octanol–water partition coefficient (Wildman–Crippen LogP) is 2.44. The van der Waals surface area contributed by atoms with Crippen LogP contribution in [0.15, 0.2) is 0 Å². The smallest absolute Gasteiger partial charge is 0.325 e. The lowest BCUT2D eigenvalue weighted by molar-refractivity contribution is -0.141. The number of carbonyl (C=O) groups is 1. The molecule has 1 aromatic heterocycles. The summed E-state index contributed by atoms with van der Waals surface area (Å²) in [4.78, 5) is 17.9. The largest absolute Gasteiger partial charge is 0.465 e. The van der Waals surface area contributed by atoms with E-state index in [-0.39, 0.29) is 12.5 Å². The van der Waals surface area contributed by atoms with E-state index in [1.54, 1.807) is 0 Å². The van der Waals surface area contributed by atoms with Crippen molar-refractivity contribution in [3.63, 3.8) is 0 Å². The van der Waals surface area contributed by atoms with Crippen LogP contribution in [0.25, 0.3) is 0 Å². The van der Waals surface area contributed by atoms with Crippen molar-refractivity contribution in [1.29, 1.82) is 0 Å². The Morgan fingerprint density at radius 2 is 2.17 bits per heavy atom. The lowest BCUT2D eigenvalue weighted by atomic mass is 10.2. The number of carbonyl (C=O) groups excluding carboxylic acids is 1. The number of rotatable bonds is 7. The zero-order chi connectivity index (χ0) is 13.5. The molecule has 0 aliphatic carbocycles. The molecule has 0 saturated heterocycles. The van der Waals surface area contributed by atoms with Gasteiger partial charge in [0.15, 0.2) is 0 Å². The highest BCUT2D eigenvalue weighted by molar-refractivity contribution is 7.09. The highest BCUT2D eigenvalue weighted by Crippen LogP contribution is 2.21. The Morgan fingerprint density at radius 1 is 1.44 bits per heavy atom. The minimum Gasteiger partial charge on any atom is -0.465 e. The monoisotopic (exact) mass is 271 g/mol. The second-order valence-corrected chi connectivity index (χ2v) is 5.05. The van der Waals surface area contributed by atoms with Gasteiger partial charge in [-0.3, -0.25) is 4.79 Å². The summed E-state index contributed by atoms with van der Waals surface area (Å²) in [5.41, 5.74) is 0. The molecule has 0 aliphatic rings. The first kappa shape index (κ1) is 14.9. The summed E-state index contributed by atoms with van der Waals surface area (Å²) < 4.78 is 9.28. The average Bonchev–Trinajstić information content (AvgIpc) is 2.78. The number of ether oxygens (including phenoxy) is 1. The molecule has 0 unspecified atom stereocenters. The molecule has 1 heterocycles. The van der Waals surface area contributed by atoms with E-state index in [0.717, 1.165) is 23.9 Å². The molecule has 18 heavy (non-hydrogen) atoms. The fraction of sp³-hybridized carbons (Fsp3) is 0.750. The van der Waals surface area contributed by atoms with E-state index in [9.17, 15) is 4.79 Å². The zero-order valence-corrected chi connectivity index (χ0v) is 12.3. The molecule has 0 spiro atoms. The molecule has 102 valence electrons. The van der Waals surface area contributed by atoms with Crippen molar-refractivity contribution < 1.29 is 9.53 Å². The van der Waals surface area contributed by atoms with Gasteiger partial charge in [0, 0.05) is 24.0 Å². The molecule has 0 fully saturated rings. The van der Waals surface area contributed by atoms with Gasteiger partial charge in [0.05, 0.1) is 6.61 Å². The summed E-state index contributed by atoms with van der Waals surface area (Å²) >= 11 is 1.34. The third kappa shape index (κ3) is 4.25. The van der Waals surface area contributed by atoms with E-state index in [4.69, 9.17) is 4.74 Å². The van der Waals surface area contributed by atoms with Gasteiger partial charge in [-0.05, 0) is 13.3 Å². The van der Waals surface area contributed by atoms with Gasteiger partial charge >= 0.3 is 5.97 Å². The van der Waals surface area contributed by atoms with E-state index in [2.05, 4.69) is 30.1 Å². The first-order valence-corrected chi connectivity index (χ1v) is 7.10. The fourth-order valence-electron chi connectivity index (χ4n) is 1.46. The Bertz CT molecular complexity index is 379. The van der Waals surface area contributed by atoms with Gasteiger partial charge < -0.3 is 9.64 Å². The molecular formula is C12H21N3O2S. The van der Waals surface area contributed by atoms with Gasteiger partial charge in [-0.2, -0.15) is 4.37 Å². The third-order valence-corrected chi connectivity index (χ3v) is 3.13. The number of aromatic nitrogens is 2. The number of hydrogen-bond donors (Lipinski definition) is 0. The summed E-state index contributed by atoms with van der Waals surface area (Å²) in [7, 11) is 0. The Labute approximate surface area is 112 Å². The standard InChI is InChI=1S/C12H21N3O2S/c1-5-7-15(8-10(16)17-6-2)12-13-11(9(3)4)14-18-12/h9H,5-8H2,1-4H3. The maximum atomic E-state index is 11.5. The Balaban J connectivity index is 2.73. The molecule has 0 bridgehead atoms. The minimum atomic E-state index is -0.216. The van der Waals surface area contributed by atoms with Gasteiger partial charge in [0.25, 0.3) is 0 Å². The second-order valence-electron chi connectivity index (χ2n) is 4.32. The quantitative estimate of drug-likeness (QED) is 0.713. The molecule has 6 heteroatoms. The van der Waals surface area contributed by atoms with E-state index in [1.807, 2.05) is 11.8 Å². The zero-order valence-electron chi connectivity index (χ0n) is 11.5. The van der Waals surface area contributed by atoms with Gasteiger partial charge in [0.1, 0.15) is 12.4 Å². The second kappa shape index (κ2) is 7.31. The first-order valence-electron chi connectivity index (χ1n) is 6.32. The van der Waals surface area contributed by atoms with E-state index in [1.165, 1.54) is 11.5 Å². The molecule has 5 nitrogen and oxygen atoms in total. The van der Waals surface area contributed by atoms with Gasteiger partial charge in [0.2, 0.25) is 5.13 Å². The van der Waals surface area contributed by atoms with Crippen LogP contribution in [0.2, 0.25) is 0 Å². The molecule has 0 amide bonds. The number of esters is 1. The van der Waals surface area contributed by atoms with Crippen LogP contribution < -0.4 is 4.90 Å². The van der Waals surface area contributed by atoms with Crippen LogP contribution in [0.1, 0.15) is 45.9 Å². The molecular weight excluding hydrogens is 250 g/mol. The number of nitrogens with zero attached hydrogens (tertiary/aromatic N) is 3. The fourth-order valence-corrected chi connectivity index (χ4v) is 2.30. The van der Waals surface area contributed by atoms with Crippen LogP contribution in [-0.2, 0) is 9.53 Å². The van der Waals surface area contributed by atoms with Crippen LogP contribution in [0, 0.1) is 0 Å². The van der Waals surface area contributed by atoms with Crippen LogP contribution >= 0.6 is 11.5 Å². The maximum Gasteiger partial charge on any atom is 0.325 e. The molecule has 0 aliphatic heterocycles. The molecule has 0 aromatic carbocycles. The SMILES string of the molecule is CCCN(CC(=O)OCC)c1nc(C(C)C)ns1. The highest BCUT2D eigenvalue weighted by atomic mass is 32.1. The van der Waals surface area contributed by atoms with Gasteiger partial charge in [-0.1, -0.05) is 20.8 Å². The lowest BCUT2D eigenvalue weighted by Crippen LogP contribution is -2.31. The molecule has 0 saturated carbocycles. The van der Waals surface area contributed by atoms with Crippen LogP contribution in [0.5, 0.6) is 0 Å². The van der Waals surface area contributed by atoms with E-state index < -0.39 is 0 Å². The summed E-state index contributed by atoms with van der Waals surface area (Å²) in [6.45, 7) is 9.43. The predicted molar refractivity (Wildman–Crippen MR) is 73.1 cm³/mol. The van der Waals surface area contributed by atoms with Crippen molar-refractivity contribution in [2.24, 2.45) is 0 Å². The van der Waals surface area contributed by atoms with E-state index >= 15 is 0 Å². The van der Waals surface area contributed by atoms with Crippen LogP contribution in [0.4, 0.5) is 5.13 Å². The Kier molecular flexibility index (Phi) is 6.04. The summed E-state index contributed by atoms with van der Waals surface area (Å²) in [5, 5.41) is 0.800. The Morgan fingerprint density at radius 3 is 2.67 bits per heavy atom. The molecule has 1 rings (SSSR count). The van der Waals surface area contributed by atoms with Crippen LogP contribution in [0.3, 0.4) is 0 Å². The van der Waals surface area contributed by atoms with Crippen molar-refractivity contribution in [3.8, 4) is 0 Å². The molecule has 1 aromatic rings. The Hall–Kier alpha value is -1.17. The third-order valence-electron chi connectivity index (χ3n) is 2.34. The maximum absolute atomic E-state index is 11.5. The minimum absolute atomic E-state index is 0.216. The average molecular weight is 271 g/mol. The van der Waals surface area contributed by atoms with Crippen molar-refractivity contribution in [3.05, 3.63) is 5.82 Å². The summed E-state index contributed by atoms with van der Waals surface area (Å²) in [6, 6.07) is 0. The van der Waals surface area contributed by atoms with E-state index in [0.29, 0.717) is 12.5 Å². The molecule has 0 radical (unpaired) electrons. The van der Waals surface area contributed by atoms with Crippen molar-refractivity contribution in [2.45, 2.75) is 40.0 Å². The normalized spacial score (nSPS) is 10.7. The number of hydrogen-bond acceptors (Lipinski definition) is 6. The van der Waals surface area contributed by atoms with Gasteiger partial charge in [-0.25, -0.2) is 4.98 Å². The van der Waals surface area contributed by atoms with Gasteiger partial charge in [-0.15, -0.1) is 0 Å². The summed E-state index contributed by atoms with van der Waals surface area (Å²) in [6.07, 6.45) is 0.954. The topological polar surface area (TPSA) is 55.3 Å². The summed E-state index contributed by atoms with van der Waals surface area (Å²) in [5.74, 6) is 0.924. The van der Waals surface area contributed by atoms with Crippen molar-refractivity contribution in [1.82, 2.24) is 9.36 Å². The van der Waals surface area contributed by atoms with Crippen molar-refractivity contribution in [2.75, 3.05) is 24.6 Å². The van der Waals surface area contributed by atoms with Crippen molar-refractivity contribution >= 4 is 22.6 Å².